The second kappa shape index (κ2) is 6.80. The summed E-state index contributed by atoms with van der Waals surface area (Å²) in [5, 5.41) is 10.6. The highest BCUT2D eigenvalue weighted by molar-refractivity contribution is 5.70. The van der Waals surface area contributed by atoms with Gasteiger partial charge in [0.05, 0.1) is 22.9 Å². The van der Waals surface area contributed by atoms with Gasteiger partial charge in [-0.05, 0) is 19.9 Å². The Morgan fingerprint density at radius 1 is 1.44 bits per heavy atom. The van der Waals surface area contributed by atoms with Crippen LogP contribution < -0.4 is 10.6 Å². The lowest BCUT2D eigenvalue weighted by molar-refractivity contribution is -0.384. The van der Waals surface area contributed by atoms with Gasteiger partial charge < -0.3 is 15.4 Å². The van der Waals surface area contributed by atoms with Crippen LogP contribution in [-0.4, -0.2) is 31.2 Å². The first-order chi connectivity index (χ1) is 8.60. The lowest BCUT2D eigenvalue weighted by Crippen LogP contribution is -2.27. The van der Waals surface area contributed by atoms with Gasteiger partial charge in [0.2, 0.25) is 0 Å². The van der Waals surface area contributed by atoms with Gasteiger partial charge in [-0.2, -0.15) is 0 Å². The van der Waals surface area contributed by atoms with Crippen molar-refractivity contribution in [2.75, 3.05) is 36.9 Å². The Hall–Kier alpha value is -1.82. The van der Waals surface area contributed by atoms with Gasteiger partial charge in [0.15, 0.2) is 0 Å². The molecule has 0 saturated carbocycles. The van der Waals surface area contributed by atoms with Gasteiger partial charge in [0.25, 0.3) is 5.69 Å². The molecule has 1 aromatic carbocycles. The van der Waals surface area contributed by atoms with Crippen LogP contribution >= 0.6 is 0 Å². The van der Waals surface area contributed by atoms with E-state index in [9.17, 15) is 10.1 Å². The van der Waals surface area contributed by atoms with E-state index in [0.717, 1.165) is 12.2 Å². The third-order valence-electron chi connectivity index (χ3n) is 2.65. The molecule has 2 N–H and O–H groups in total. The van der Waals surface area contributed by atoms with Crippen LogP contribution in [0, 0.1) is 10.1 Å². The molecular formula is C12H19N3O3. The number of benzene rings is 1. The minimum Gasteiger partial charge on any atom is -0.397 e. The van der Waals surface area contributed by atoms with Crippen molar-refractivity contribution in [3.05, 3.63) is 28.3 Å². The maximum absolute atomic E-state index is 10.6. The van der Waals surface area contributed by atoms with Crippen LogP contribution in [0.5, 0.6) is 0 Å². The second-order valence-electron chi connectivity index (χ2n) is 3.78. The first-order valence-electron chi connectivity index (χ1n) is 5.96. The average molecular weight is 253 g/mol. The van der Waals surface area contributed by atoms with E-state index in [1.807, 2.05) is 18.7 Å². The normalized spacial score (nSPS) is 10.3. The molecule has 6 nitrogen and oxygen atoms in total. The molecule has 0 radical (unpaired) electrons. The molecule has 18 heavy (non-hydrogen) atoms. The lowest BCUT2D eigenvalue weighted by atomic mass is 10.2. The Bertz CT molecular complexity index is 410. The molecule has 6 heteroatoms. The van der Waals surface area contributed by atoms with E-state index < -0.39 is 4.92 Å². The van der Waals surface area contributed by atoms with Gasteiger partial charge in [-0.25, -0.2) is 0 Å². The molecule has 0 aliphatic rings. The van der Waals surface area contributed by atoms with Crippen molar-refractivity contribution in [2.24, 2.45) is 0 Å². The van der Waals surface area contributed by atoms with Crippen LogP contribution in [0.1, 0.15) is 13.8 Å². The second-order valence-corrected chi connectivity index (χ2v) is 3.78. The van der Waals surface area contributed by atoms with Gasteiger partial charge in [-0.1, -0.05) is 0 Å². The predicted molar refractivity (Wildman–Crippen MR) is 71.9 cm³/mol. The summed E-state index contributed by atoms with van der Waals surface area (Å²) < 4.78 is 5.30. The minimum atomic E-state index is -0.448. The number of likely N-dealkylation sites (N-methyl/N-ethyl adjacent to an activating group) is 1. The SMILES string of the molecule is CCOCCN(CC)c1ccc([N+](=O)[O-])cc1N. The van der Waals surface area contributed by atoms with Crippen molar-refractivity contribution >= 4 is 17.1 Å². The quantitative estimate of drug-likeness (QED) is 0.348. The number of nitrogens with zero attached hydrogens (tertiary/aromatic N) is 2. The van der Waals surface area contributed by atoms with Crippen LogP contribution in [0.3, 0.4) is 0 Å². The Balaban J connectivity index is 2.82. The van der Waals surface area contributed by atoms with Crippen LogP contribution in [-0.2, 0) is 4.74 Å². The topological polar surface area (TPSA) is 81.6 Å². The van der Waals surface area contributed by atoms with Crippen molar-refractivity contribution in [3.8, 4) is 0 Å². The highest BCUT2D eigenvalue weighted by Gasteiger charge is 2.12. The molecule has 0 saturated heterocycles. The number of nitrogen functional groups attached to an aromatic ring is 1. The Morgan fingerprint density at radius 3 is 2.67 bits per heavy atom. The molecule has 0 unspecified atom stereocenters. The number of nitrogens with two attached hydrogens (primary N) is 1. The number of ether oxygens (including phenoxy) is 1. The molecule has 0 bridgehead atoms. The van der Waals surface area contributed by atoms with Gasteiger partial charge in [0, 0.05) is 31.8 Å². The fraction of sp³-hybridized carbons (Fsp3) is 0.500. The Morgan fingerprint density at radius 2 is 2.17 bits per heavy atom. The van der Waals surface area contributed by atoms with Crippen molar-refractivity contribution in [3.63, 3.8) is 0 Å². The lowest BCUT2D eigenvalue weighted by Gasteiger charge is -2.24. The third-order valence-corrected chi connectivity index (χ3v) is 2.65. The van der Waals surface area contributed by atoms with E-state index in [-0.39, 0.29) is 5.69 Å². The van der Waals surface area contributed by atoms with Crippen LogP contribution in [0.4, 0.5) is 17.1 Å². The van der Waals surface area contributed by atoms with E-state index in [0.29, 0.717) is 25.4 Å². The zero-order valence-electron chi connectivity index (χ0n) is 10.8. The molecule has 0 aliphatic carbocycles. The molecule has 0 fully saturated rings. The molecule has 100 valence electrons. The van der Waals surface area contributed by atoms with Crippen LogP contribution in [0.2, 0.25) is 0 Å². The van der Waals surface area contributed by atoms with Gasteiger partial charge in [0.1, 0.15) is 0 Å². The first-order valence-corrected chi connectivity index (χ1v) is 5.96. The highest BCUT2D eigenvalue weighted by Crippen LogP contribution is 2.27. The monoisotopic (exact) mass is 253 g/mol. The number of nitro benzene ring substituents is 1. The molecule has 0 atom stereocenters. The zero-order valence-corrected chi connectivity index (χ0v) is 10.8. The summed E-state index contributed by atoms with van der Waals surface area (Å²) in [4.78, 5) is 12.2. The fourth-order valence-corrected chi connectivity index (χ4v) is 1.71. The summed E-state index contributed by atoms with van der Waals surface area (Å²) in [6.45, 7) is 6.72. The third kappa shape index (κ3) is 3.59. The van der Waals surface area contributed by atoms with Gasteiger partial charge in [-0.3, -0.25) is 10.1 Å². The average Bonchev–Trinajstić information content (AvgIpc) is 2.35. The smallest absolute Gasteiger partial charge is 0.271 e. The number of hydrogen-bond donors (Lipinski definition) is 1. The number of non-ortho nitro benzene ring substituents is 1. The molecule has 0 spiro atoms. The maximum Gasteiger partial charge on any atom is 0.271 e. The van der Waals surface area contributed by atoms with Crippen molar-refractivity contribution in [2.45, 2.75) is 13.8 Å². The molecule has 0 aromatic heterocycles. The van der Waals surface area contributed by atoms with E-state index >= 15 is 0 Å². The standard InChI is InChI=1S/C12H19N3O3/c1-3-14(7-8-18-4-2)12-6-5-10(15(16)17)9-11(12)13/h5-6,9H,3-4,7-8,13H2,1-2H3. The van der Waals surface area contributed by atoms with Crippen molar-refractivity contribution in [1.82, 2.24) is 0 Å². The molecule has 1 aromatic rings. The fourth-order valence-electron chi connectivity index (χ4n) is 1.71. The summed E-state index contributed by atoms with van der Waals surface area (Å²) in [7, 11) is 0. The number of hydrogen-bond acceptors (Lipinski definition) is 5. The largest absolute Gasteiger partial charge is 0.397 e. The summed E-state index contributed by atoms with van der Waals surface area (Å²) in [6.07, 6.45) is 0. The Kier molecular flexibility index (Phi) is 5.38. The van der Waals surface area contributed by atoms with E-state index in [2.05, 4.69) is 0 Å². The molecule has 0 amide bonds. The van der Waals surface area contributed by atoms with Crippen LogP contribution in [0.15, 0.2) is 18.2 Å². The molecule has 1 rings (SSSR count). The van der Waals surface area contributed by atoms with E-state index in [1.165, 1.54) is 12.1 Å². The summed E-state index contributed by atoms with van der Waals surface area (Å²) in [5.41, 5.74) is 7.09. The first kappa shape index (κ1) is 14.2. The van der Waals surface area contributed by atoms with Crippen molar-refractivity contribution in [1.29, 1.82) is 0 Å². The highest BCUT2D eigenvalue weighted by atomic mass is 16.6. The minimum absolute atomic E-state index is 0.0112. The number of nitro groups is 1. The van der Waals surface area contributed by atoms with E-state index in [4.69, 9.17) is 10.5 Å². The van der Waals surface area contributed by atoms with Crippen molar-refractivity contribution < 1.29 is 9.66 Å². The van der Waals surface area contributed by atoms with Gasteiger partial charge >= 0.3 is 0 Å². The predicted octanol–water partition coefficient (Wildman–Crippen LogP) is 2.04. The zero-order chi connectivity index (χ0) is 13.5. The summed E-state index contributed by atoms with van der Waals surface area (Å²) in [5.74, 6) is 0. The van der Waals surface area contributed by atoms with Gasteiger partial charge in [-0.15, -0.1) is 0 Å². The Labute approximate surface area is 106 Å². The molecular weight excluding hydrogens is 234 g/mol. The summed E-state index contributed by atoms with van der Waals surface area (Å²) >= 11 is 0. The summed E-state index contributed by atoms with van der Waals surface area (Å²) in [6, 6.07) is 4.54. The number of anilines is 2. The van der Waals surface area contributed by atoms with Crippen LogP contribution in [0.25, 0.3) is 0 Å². The number of rotatable bonds is 7. The molecule has 0 heterocycles. The van der Waals surface area contributed by atoms with E-state index in [1.54, 1.807) is 6.07 Å². The maximum atomic E-state index is 10.6. The molecule has 0 aliphatic heterocycles.